The van der Waals surface area contributed by atoms with Crippen LogP contribution in [0.4, 0.5) is 0 Å². The summed E-state index contributed by atoms with van der Waals surface area (Å²) in [5, 5.41) is 0. The number of pyridine rings is 2. The Morgan fingerprint density at radius 3 is 2.05 bits per heavy atom. The molecule has 0 atom stereocenters. The fourth-order valence-electron chi connectivity index (χ4n) is 1.89. The molecule has 0 radical (unpaired) electrons. The molecule has 0 amide bonds. The number of carbonyl (C=O) groups excluding carboxylic acids is 1. The highest BCUT2D eigenvalue weighted by Crippen LogP contribution is 2.06. The first-order chi connectivity index (χ1) is 9.88. The van der Waals surface area contributed by atoms with E-state index in [-0.39, 0.29) is 0 Å². The molecule has 2 rings (SSSR count). The first kappa shape index (κ1) is 14.1. The zero-order valence-corrected chi connectivity index (χ0v) is 11.1. The molecule has 0 aliphatic rings. The van der Waals surface area contributed by atoms with E-state index in [1.807, 2.05) is 36.4 Å². The summed E-state index contributed by atoms with van der Waals surface area (Å²) in [5.74, 6) is 0. The summed E-state index contributed by atoms with van der Waals surface area (Å²) in [4.78, 5) is 24.6. The smallest absolute Gasteiger partial charge is 0.234 e. The van der Waals surface area contributed by atoms with Gasteiger partial charge in [0.15, 0.2) is 0 Å². The zero-order chi connectivity index (χ0) is 14.0. The molecule has 0 aromatic carbocycles. The number of hydrogen-bond donors (Lipinski definition) is 0. The van der Waals surface area contributed by atoms with Crippen LogP contribution >= 0.6 is 0 Å². The minimum absolute atomic E-state index is 0.434. The van der Waals surface area contributed by atoms with Crippen molar-refractivity contribution < 1.29 is 4.79 Å². The van der Waals surface area contributed by atoms with Gasteiger partial charge in [-0.25, -0.2) is 9.79 Å². The van der Waals surface area contributed by atoms with Gasteiger partial charge in [-0.2, -0.15) is 0 Å². The molecule has 20 heavy (non-hydrogen) atoms. The number of nitrogens with zero attached hydrogens (tertiary/aromatic N) is 4. The monoisotopic (exact) mass is 268 g/mol. The second-order valence-corrected chi connectivity index (χ2v) is 4.33. The molecule has 0 unspecified atom stereocenters. The summed E-state index contributed by atoms with van der Waals surface area (Å²) >= 11 is 0. The van der Waals surface area contributed by atoms with Crippen molar-refractivity contribution in [1.82, 2.24) is 14.9 Å². The molecule has 0 spiro atoms. The largest absolute Gasteiger partial charge is 0.290 e. The lowest BCUT2D eigenvalue weighted by molar-refractivity contribution is 0.258. The van der Waals surface area contributed by atoms with E-state index >= 15 is 0 Å². The van der Waals surface area contributed by atoms with Crippen LogP contribution in [-0.4, -0.2) is 34.0 Å². The van der Waals surface area contributed by atoms with Gasteiger partial charge in [0.25, 0.3) is 0 Å². The molecule has 0 aliphatic carbocycles. The SMILES string of the molecule is O=C=NCCN(Cc1ccccn1)Cc1ccccn1. The Hall–Kier alpha value is -2.36. The predicted molar refractivity (Wildman–Crippen MR) is 75.6 cm³/mol. The fourth-order valence-corrected chi connectivity index (χ4v) is 1.89. The first-order valence-electron chi connectivity index (χ1n) is 6.44. The molecule has 102 valence electrons. The Morgan fingerprint density at radius 1 is 1.00 bits per heavy atom. The van der Waals surface area contributed by atoms with Gasteiger partial charge in [0.1, 0.15) is 0 Å². The van der Waals surface area contributed by atoms with E-state index in [1.165, 1.54) is 0 Å². The molecular formula is C15H16N4O. The molecule has 2 aromatic heterocycles. The Labute approximate surface area is 118 Å². The summed E-state index contributed by atoms with van der Waals surface area (Å²) in [7, 11) is 0. The highest BCUT2D eigenvalue weighted by molar-refractivity contribution is 5.32. The number of rotatable bonds is 7. The van der Waals surface area contributed by atoms with Gasteiger partial charge in [0.05, 0.1) is 17.9 Å². The Morgan fingerprint density at radius 2 is 1.60 bits per heavy atom. The summed E-state index contributed by atoms with van der Waals surface area (Å²) in [6, 6.07) is 11.7. The molecule has 2 aromatic rings. The highest BCUT2D eigenvalue weighted by Gasteiger charge is 2.08. The van der Waals surface area contributed by atoms with Crippen LogP contribution in [0.3, 0.4) is 0 Å². The highest BCUT2D eigenvalue weighted by atomic mass is 16.1. The molecule has 0 saturated carbocycles. The van der Waals surface area contributed by atoms with Crippen molar-refractivity contribution in [1.29, 1.82) is 0 Å². The summed E-state index contributed by atoms with van der Waals surface area (Å²) in [6.45, 7) is 2.50. The normalized spacial score (nSPS) is 10.2. The fraction of sp³-hybridized carbons (Fsp3) is 0.267. The molecule has 0 aliphatic heterocycles. The Bertz CT molecular complexity index is 511. The predicted octanol–water partition coefficient (Wildman–Crippen LogP) is 1.81. The average molecular weight is 268 g/mol. The van der Waals surface area contributed by atoms with Gasteiger partial charge in [-0.15, -0.1) is 0 Å². The van der Waals surface area contributed by atoms with Crippen LogP contribution < -0.4 is 0 Å². The van der Waals surface area contributed by atoms with E-state index in [9.17, 15) is 4.79 Å². The molecule has 5 nitrogen and oxygen atoms in total. The second kappa shape index (κ2) is 7.94. The van der Waals surface area contributed by atoms with Crippen molar-refractivity contribution in [2.24, 2.45) is 4.99 Å². The van der Waals surface area contributed by atoms with Gasteiger partial charge in [0, 0.05) is 32.0 Å². The van der Waals surface area contributed by atoms with Crippen molar-refractivity contribution in [2.75, 3.05) is 13.1 Å². The molecule has 0 bridgehead atoms. The quantitative estimate of drug-likeness (QED) is 0.567. The third-order valence-corrected chi connectivity index (χ3v) is 2.82. The van der Waals surface area contributed by atoms with Crippen LogP contribution in [0.1, 0.15) is 11.4 Å². The standard InChI is InChI=1S/C15H16N4O/c20-13-16-9-10-19(11-14-5-1-3-7-17-14)12-15-6-2-4-8-18-15/h1-8H,9-12H2. The van der Waals surface area contributed by atoms with Gasteiger partial charge < -0.3 is 0 Å². The van der Waals surface area contributed by atoms with E-state index in [4.69, 9.17) is 0 Å². The summed E-state index contributed by atoms with van der Waals surface area (Å²) in [5.41, 5.74) is 1.97. The minimum atomic E-state index is 0.434. The van der Waals surface area contributed by atoms with Crippen molar-refractivity contribution in [3.05, 3.63) is 60.2 Å². The molecule has 0 saturated heterocycles. The number of aromatic nitrogens is 2. The van der Waals surface area contributed by atoms with Gasteiger partial charge >= 0.3 is 0 Å². The molecule has 5 heteroatoms. The van der Waals surface area contributed by atoms with E-state index < -0.39 is 0 Å². The Balaban J connectivity index is 2.02. The molecule has 0 N–H and O–H groups in total. The van der Waals surface area contributed by atoms with Crippen molar-refractivity contribution in [3.63, 3.8) is 0 Å². The van der Waals surface area contributed by atoms with Crippen molar-refractivity contribution >= 4 is 6.08 Å². The molecule has 0 fully saturated rings. The average Bonchev–Trinajstić information content (AvgIpc) is 2.49. The second-order valence-electron chi connectivity index (χ2n) is 4.33. The number of aliphatic imine (C=N–C) groups is 1. The molecule has 2 heterocycles. The van der Waals surface area contributed by atoms with Crippen molar-refractivity contribution in [2.45, 2.75) is 13.1 Å². The lowest BCUT2D eigenvalue weighted by Crippen LogP contribution is -2.26. The van der Waals surface area contributed by atoms with Crippen LogP contribution in [0.15, 0.2) is 53.8 Å². The minimum Gasteiger partial charge on any atom is -0.290 e. The van der Waals surface area contributed by atoms with Crippen LogP contribution in [0.2, 0.25) is 0 Å². The van der Waals surface area contributed by atoms with Crippen LogP contribution in [0, 0.1) is 0 Å². The van der Waals surface area contributed by atoms with Crippen molar-refractivity contribution in [3.8, 4) is 0 Å². The van der Waals surface area contributed by atoms with E-state index in [0.717, 1.165) is 11.4 Å². The van der Waals surface area contributed by atoms with Gasteiger partial charge in [-0.05, 0) is 24.3 Å². The van der Waals surface area contributed by atoms with E-state index in [2.05, 4.69) is 19.9 Å². The van der Waals surface area contributed by atoms with E-state index in [1.54, 1.807) is 18.5 Å². The third-order valence-electron chi connectivity index (χ3n) is 2.82. The van der Waals surface area contributed by atoms with Gasteiger partial charge in [-0.1, -0.05) is 12.1 Å². The van der Waals surface area contributed by atoms with Crippen LogP contribution in [0.5, 0.6) is 0 Å². The maximum Gasteiger partial charge on any atom is 0.234 e. The van der Waals surface area contributed by atoms with Gasteiger partial charge in [0.2, 0.25) is 6.08 Å². The maximum absolute atomic E-state index is 10.2. The summed E-state index contributed by atoms with van der Waals surface area (Å²) in [6.07, 6.45) is 5.12. The zero-order valence-electron chi connectivity index (χ0n) is 11.1. The van der Waals surface area contributed by atoms with Crippen LogP contribution in [0.25, 0.3) is 0 Å². The Kier molecular flexibility index (Phi) is 5.58. The molecular weight excluding hydrogens is 252 g/mol. The summed E-state index contributed by atoms with van der Waals surface area (Å²) < 4.78 is 0. The maximum atomic E-state index is 10.2. The first-order valence-corrected chi connectivity index (χ1v) is 6.44. The topological polar surface area (TPSA) is 58.5 Å². The number of isocyanates is 1. The lowest BCUT2D eigenvalue weighted by Gasteiger charge is -2.20. The van der Waals surface area contributed by atoms with E-state index in [0.29, 0.717) is 26.2 Å². The lowest BCUT2D eigenvalue weighted by atomic mass is 10.3. The van der Waals surface area contributed by atoms with Gasteiger partial charge in [-0.3, -0.25) is 14.9 Å². The third kappa shape index (κ3) is 4.72. The number of hydrogen-bond acceptors (Lipinski definition) is 5. The van der Waals surface area contributed by atoms with Crippen LogP contribution in [-0.2, 0) is 17.9 Å².